The van der Waals surface area contributed by atoms with E-state index in [0.717, 1.165) is 12.8 Å². The summed E-state index contributed by atoms with van der Waals surface area (Å²) in [5.41, 5.74) is 0. The van der Waals surface area contributed by atoms with Crippen LogP contribution in [0.2, 0.25) is 0 Å². The van der Waals surface area contributed by atoms with Gasteiger partial charge in [0.05, 0.1) is 0 Å². The quantitative estimate of drug-likeness (QED) is 0.497. The first-order valence-electron chi connectivity index (χ1n) is 2.65. The van der Waals surface area contributed by atoms with E-state index in [1.165, 1.54) is 0 Å². The molecule has 0 radical (unpaired) electrons. The molecule has 1 aliphatic carbocycles. The van der Waals surface area contributed by atoms with Gasteiger partial charge in [-0.15, -0.1) is 0 Å². The second-order valence-corrected chi connectivity index (χ2v) is 2.75. The summed E-state index contributed by atoms with van der Waals surface area (Å²) in [6, 6.07) is 0. The van der Waals surface area contributed by atoms with Crippen molar-refractivity contribution in [1.82, 2.24) is 4.72 Å². The van der Waals surface area contributed by atoms with Crippen LogP contribution in [0.15, 0.2) is 0 Å². The summed E-state index contributed by atoms with van der Waals surface area (Å²) in [7, 11) is -2.73. The van der Waals surface area contributed by atoms with E-state index in [9.17, 15) is 13.2 Å². The minimum absolute atomic E-state index is 0.0297. The normalized spacial score (nSPS) is 17.9. The van der Waals surface area contributed by atoms with E-state index < -0.39 is 10.9 Å². The summed E-state index contributed by atoms with van der Waals surface area (Å²) in [5, 5.41) is 0. The highest BCUT2D eigenvalue weighted by Crippen LogP contribution is 2.28. The zero-order chi connectivity index (χ0) is 6.85. The van der Waals surface area contributed by atoms with E-state index in [0.29, 0.717) is 0 Å². The molecule has 0 aromatic rings. The van der Waals surface area contributed by atoms with Crippen molar-refractivity contribution in [2.75, 3.05) is 0 Å². The molecular weight excluding hydrogens is 142 g/mol. The molecule has 4 nitrogen and oxygen atoms in total. The highest BCUT2D eigenvalue weighted by molar-refractivity contribution is 7.71. The Labute approximate surface area is 54.3 Å². The van der Waals surface area contributed by atoms with Gasteiger partial charge >= 0.3 is 0 Å². The molecular formula is C4H7NO3S. The van der Waals surface area contributed by atoms with E-state index in [1.807, 2.05) is 4.72 Å². The number of amides is 1. The maximum atomic E-state index is 10.5. The highest BCUT2D eigenvalue weighted by atomic mass is 32.2. The zero-order valence-corrected chi connectivity index (χ0v) is 5.56. The van der Waals surface area contributed by atoms with Gasteiger partial charge < -0.3 is 0 Å². The van der Waals surface area contributed by atoms with Gasteiger partial charge in [-0.3, -0.25) is 9.52 Å². The first-order valence-corrected chi connectivity index (χ1v) is 3.83. The maximum absolute atomic E-state index is 10.5. The molecule has 1 aliphatic rings. The molecule has 9 heavy (non-hydrogen) atoms. The molecule has 1 rings (SSSR count). The van der Waals surface area contributed by atoms with Crippen LogP contribution >= 0.6 is 0 Å². The van der Waals surface area contributed by atoms with E-state index in [-0.39, 0.29) is 11.8 Å². The van der Waals surface area contributed by atoms with Crippen molar-refractivity contribution in [3.63, 3.8) is 0 Å². The van der Waals surface area contributed by atoms with E-state index in [4.69, 9.17) is 0 Å². The van der Waals surface area contributed by atoms with Crippen molar-refractivity contribution in [3.8, 4) is 0 Å². The Balaban J connectivity index is 2.34. The van der Waals surface area contributed by atoms with Gasteiger partial charge in [-0.05, 0) is 12.8 Å². The van der Waals surface area contributed by atoms with Crippen molar-refractivity contribution in [3.05, 3.63) is 0 Å². The SMILES string of the molecule is O=C(N[SH](=O)=O)C1CC1. The Kier molecular flexibility index (Phi) is 1.70. The molecule has 1 N–H and O–H groups in total. The van der Waals surface area contributed by atoms with Crippen LogP contribution in [0.3, 0.4) is 0 Å². The lowest BCUT2D eigenvalue weighted by Gasteiger charge is -1.90. The van der Waals surface area contributed by atoms with Gasteiger partial charge in [0.2, 0.25) is 16.8 Å². The van der Waals surface area contributed by atoms with E-state index in [1.54, 1.807) is 0 Å². The molecule has 0 spiro atoms. The van der Waals surface area contributed by atoms with E-state index in [2.05, 4.69) is 0 Å². The number of nitrogens with one attached hydrogen (secondary N) is 1. The number of thiol groups is 1. The fraction of sp³-hybridized carbons (Fsp3) is 0.750. The lowest BCUT2D eigenvalue weighted by Crippen LogP contribution is -2.22. The standard InChI is InChI=1S/C4H7NO3S/c6-4(3-1-2-3)5-9(7)8/h3,9H,1-2H2,(H,5,6,7,8). The van der Waals surface area contributed by atoms with Crippen molar-refractivity contribution >= 4 is 16.8 Å². The minimum atomic E-state index is -2.73. The van der Waals surface area contributed by atoms with Crippen LogP contribution in [0.5, 0.6) is 0 Å². The topological polar surface area (TPSA) is 63.2 Å². The van der Waals surface area contributed by atoms with Gasteiger partial charge in [-0.2, -0.15) is 0 Å². The Hall–Kier alpha value is -0.580. The lowest BCUT2D eigenvalue weighted by molar-refractivity contribution is -0.120. The van der Waals surface area contributed by atoms with Crippen molar-refractivity contribution < 1.29 is 13.2 Å². The fourth-order valence-electron chi connectivity index (χ4n) is 0.527. The van der Waals surface area contributed by atoms with Gasteiger partial charge in [0.15, 0.2) is 0 Å². The molecule has 0 aromatic carbocycles. The van der Waals surface area contributed by atoms with Crippen LogP contribution in [0.25, 0.3) is 0 Å². The molecule has 1 fully saturated rings. The molecule has 0 bridgehead atoms. The lowest BCUT2D eigenvalue weighted by atomic mass is 10.4. The van der Waals surface area contributed by atoms with Crippen LogP contribution < -0.4 is 4.72 Å². The Morgan fingerprint density at radius 1 is 1.44 bits per heavy atom. The minimum Gasteiger partial charge on any atom is -0.274 e. The molecule has 0 unspecified atom stereocenters. The zero-order valence-electron chi connectivity index (χ0n) is 4.66. The van der Waals surface area contributed by atoms with Gasteiger partial charge in [0.25, 0.3) is 0 Å². The van der Waals surface area contributed by atoms with Crippen LogP contribution in [0.4, 0.5) is 0 Å². The molecule has 0 aromatic heterocycles. The molecule has 0 saturated heterocycles. The first kappa shape index (κ1) is 6.54. The molecule has 1 saturated carbocycles. The summed E-state index contributed by atoms with van der Waals surface area (Å²) in [4.78, 5) is 10.5. The maximum Gasteiger partial charge on any atom is 0.236 e. The first-order chi connectivity index (χ1) is 4.20. The molecule has 1 amide bonds. The summed E-state index contributed by atoms with van der Waals surface area (Å²) >= 11 is 0. The van der Waals surface area contributed by atoms with Crippen molar-refractivity contribution in [2.24, 2.45) is 5.92 Å². The number of carbonyl (C=O) groups excluding carboxylic acids is 1. The molecule has 0 atom stereocenters. The third kappa shape index (κ3) is 2.01. The number of hydrogen-bond donors (Lipinski definition) is 2. The van der Waals surface area contributed by atoms with Crippen molar-refractivity contribution in [1.29, 1.82) is 0 Å². The second kappa shape index (κ2) is 2.34. The van der Waals surface area contributed by atoms with E-state index >= 15 is 0 Å². The van der Waals surface area contributed by atoms with Crippen LogP contribution in [0, 0.1) is 5.92 Å². The largest absolute Gasteiger partial charge is 0.274 e. The monoisotopic (exact) mass is 149 g/mol. The van der Waals surface area contributed by atoms with Crippen LogP contribution in [0.1, 0.15) is 12.8 Å². The third-order valence-corrected chi connectivity index (χ3v) is 1.55. The third-order valence-electron chi connectivity index (χ3n) is 1.15. The Morgan fingerprint density at radius 3 is 2.33 bits per heavy atom. The van der Waals surface area contributed by atoms with Crippen molar-refractivity contribution in [2.45, 2.75) is 12.8 Å². The highest BCUT2D eigenvalue weighted by Gasteiger charge is 2.29. The van der Waals surface area contributed by atoms with Gasteiger partial charge in [-0.1, -0.05) is 0 Å². The van der Waals surface area contributed by atoms with Gasteiger partial charge in [0.1, 0.15) is 0 Å². The summed E-state index contributed by atoms with van der Waals surface area (Å²) in [6.07, 6.45) is 1.66. The smallest absolute Gasteiger partial charge is 0.236 e. The summed E-state index contributed by atoms with van der Waals surface area (Å²) in [5.74, 6) is -0.385. The van der Waals surface area contributed by atoms with Crippen LogP contribution in [-0.4, -0.2) is 14.3 Å². The molecule has 5 heteroatoms. The summed E-state index contributed by atoms with van der Waals surface area (Å²) in [6.45, 7) is 0. The fourth-order valence-corrected chi connectivity index (χ4v) is 0.889. The number of carbonyl (C=O) groups is 1. The molecule has 0 aliphatic heterocycles. The van der Waals surface area contributed by atoms with Gasteiger partial charge in [-0.25, -0.2) is 8.42 Å². The number of rotatable bonds is 2. The second-order valence-electron chi connectivity index (χ2n) is 2.01. The van der Waals surface area contributed by atoms with Crippen LogP contribution in [-0.2, 0) is 15.7 Å². The average molecular weight is 149 g/mol. The van der Waals surface area contributed by atoms with Gasteiger partial charge in [0, 0.05) is 5.92 Å². The predicted octanol–water partition coefficient (Wildman–Crippen LogP) is -0.961. The summed E-state index contributed by atoms with van der Waals surface area (Å²) < 4.78 is 21.5. The number of hydrogen-bond acceptors (Lipinski definition) is 3. The Bertz CT molecular complexity index is 186. The Morgan fingerprint density at radius 2 is 2.00 bits per heavy atom. The molecule has 52 valence electrons. The predicted molar refractivity (Wildman–Crippen MR) is 31.2 cm³/mol. The average Bonchev–Trinajstić information content (AvgIpc) is 2.40. The molecule has 0 heterocycles.